The second kappa shape index (κ2) is 7.23. The number of nitrogens with zero attached hydrogens (tertiary/aromatic N) is 1. The average Bonchev–Trinajstić information content (AvgIpc) is 2.15. The zero-order valence-electron chi connectivity index (χ0n) is 9.37. The zero-order chi connectivity index (χ0) is 11.1. The Morgan fingerprint density at radius 1 is 1.43 bits per heavy atom. The highest BCUT2D eigenvalue weighted by molar-refractivity contribution is 8.22. The Labute approximate surface area is 96.4 Å². The van der Waals surface area contributed by atoms with Crippen molar-refractivity contribution in [1.29, 1.82) is 0 Å². The maximum absolute atomic E-state index is 11.0. The third-order valence-corrected chi connectivity index (χ3v) is 3.96. The van der Waals surface area contributed by atoms with Crippen LogP contribution in [0.25, 0.3) is 0 Å². The lowest BCUT2D eigenvalue weighted by Crippen LogP contribution is -2.27. The summed E-state index contributed by atoms with van der Waals surface area (Å²) < 4.78 is 0.906. The van der Waals surface area contributed by atoms with Crippen LogP contribution in [-0.2, 0) is 4.79 Å². The fraction of sp³-hybridized carbons (Fsp3) is 0.800. The van der Waals surface area contributed by atoms with Crippen LogP contribution in [0.15, 0.2) is 0 Å². The SMILES string of the molecule is CCN(CC)C(=S)SCC(C)C(C)=O. The molecule has 0 aliphatic heterocycles. The van der Waals surface area contributed by atoms with Crippen molar-refractivity contribution in [3.63, 3.8) is 0 Å². The van der Waals surface area contributed by atoms with E-state index < -0.39 is 0 Å². The predicted octanol–water partition coefficient (Wildman–Crippen LogP) is 2.57. The van der Waals surface area contributed by atoms with Gasteiger partial charge in [0.1, 0.15) is 10.1 Å². The van der Waals surface area contributed by atoms with Crippen LogP contribution in [0.3, 0.4) is 0 Å². The fourth-order valence-electron chi connectivity index (χ4n) is 0.887. The monoisotopic (exact) mass is 233 g/mol. The van der Waals surface area contributed by atoms with Gasteiger partial charge in [-0.25, -0.2) is 0 Å². The Morgan fingerprint density at radius 2 is 1.93 bits per heavy atom. The second-order valence-electron chi connectivity index (χ2n) is 3.26. The number of carbonyl (C=O) groups excluding carboxylic acids is 1. The van der Waals surface area contributed by atoms with Crippen molar-refractivity contribution < 1.29 is 4.79 Å². The van der Waals surface area contributed by atoms with Gasteiger partial charge in [-0.15, -0.1) is 0 Å². The van der Waals surface area contributed by atoms with Gasteiger partial charge in [-0.05, 0) is 20.8 Å². The molecule has 0 aromatic carbocycles. The standard InChI is InChI=1S/C10H19NOS2/c1-5-11(6-2)10(13)14-7-8(3)9(4)12/h8H,5-7H2,1-4H3. The molecule has 0 heterocycles. The van der Waals surface area contributed by atoms with Crippen molar-refractivity contribution in [3.05, 3.63) is 0 Å². The van der Waals surface area contributed by atoms with Gasteiger partial charge < -0.3 is 4.90 Å². The quantitative estimate of drug-likeness (QED) is 0.680. The number of thiocarbonyl (C=S) groups is 1. The minimum Gasteiger partial charge on any atom is -0.358 e. The first kappa shape index (κ1) is 13.9. The summed E-state index contributed by atoms with van der Waals surface area (Å²) in [5.74, 6) is 1.14. The summed E-state index contributed by atoms with van der Waals surface area (Å²) in [7, 11) is 0. The van der Waals surface area contributed by atoms with Crippen LogP contribution in [0.1, 0.15) is 27.7 Å². The third-order valence-electron chi connectivity index (χ3n) is 2.17. The van der Waals surface area contributed by atoms with Crippen LogP contribution in [-0.4, -0.2) is 33.8 Å². The molecule has 0 saturated heterocycles. The van der Waals surface area contributed by atoms with Crippen molar-refractivity contribution in [2.75, 3.05) is 18.8 Å². The molecule has 0 bridgehead atoms. The molecule has 0 aliphatic carbocycles. The van der Waals surface area contributed by atoms with Gasteiger partial charge in [0.05, 0.1) is 0 Å². The molecule has 0 saturated carbocycles. The minimum absolute atomic E-state index is 0.105. The van der Waals surface area contributed by atoms with E-state index in [1.807, 2.05) is 6.92 Å². The molecule has 0 radical (unpaired) electrons. The van der Waals surface area contributed by atoms with E-state index in [0.29, 0.717) is 0 Å². The summed E-state index contributed by atoms with van der Waals surface area (Å²) in [6, 6.07) is 0. The molecule has 14 heavy (non-hydrogen) atoms. The van der Waals surface area contributed by atoms with Crippen LogP contribution in [0.5, 0.6) is 0 Å². The first-order valence-electron chi connectivity index (χ1n) is 4.95. The molecule has 0 N–H and O–H groups in total. The Balaban J connectivity index is 3.89. The average molecular weight is 233 g/mol. The second-order valence-corrected chi connectivity index (χ2v) is 4.91. The van der Waals surface area contributed by atoms with E-state index in [-0.39, 0.29) is 11.7 Å². The first-order chi connectivity index (χ1) is 6.52. The van der Waals surface area contributed by atoms with E-state index in [1.165, 1.54) is 0 Å². The van der Waals surface area contributed by atoms with Crippen LogP contribution in [0, 0.1) is 5.92 Å². The molecule has 0 spiro atoms. The molecule has 2 nitrogen and oxygen atoms in total. The molecule has 0 aromatic heterocycles. The van der Waals surface area contributed by atoms with E-state index in [9.17, 15) is 4.79 Å². The molecule has 0 amide bonds. The maximum atomic E-state index is 11.0. The topological polar surface area (TPSA) is 20.3 Å². The number of Topliss-reactive ketones (excluding diaryl/α,β-unsaturated/α-hetero) is 1. The number of ketones is 1. The van der Waals surface area contributed by atoms with E-state index in [4.69, 9.17) is 12.2 Å². The molecular formula is C10H19NOS2. The number of rotatable bonds is 5. The molecule has 82 valence electrons. The summed E-state index contributed by atoms with van der Waals surface area (Å²) in [6.07, 6.45) is 0. The number of hydrogen-bond donors (Lipinski definition) is 0. The van der Waals surface area contributed by atoms with Crippen LogP contribution < -0.4 is 0 Å². The lowest BCUT2D eigenvalue weighted by atomic mass is 10.1. The summed E-state index contributed by atoms with van der Waals surface area (Å²) in [4.78, 5) is 13.1. The molecule has 0 rings (SSSR count). The van der Waals surface area contributed by atoms with Gasteiger partial charge in [0.25, 0.3) is 0 Å². The van der Waals surface area contributed by atoms with Gasteiger partial charge in [-0.2, -0.15) is 0 Å². The van der Waals surface area contributed by atoms with Crippen molar-refractivity contribution in [2.45, 2.75) is 27.7 Å². The van der Waals surface area contributed by atoms with Gasteiger partial charge in [-0.3, -0.25) is 4.79 Å². The third kappa shape index (κ3) is 4.96. The highest BCUT2D eigenvalue weighted by Crippen LogP contribution is 2.14. The molecule has 0 fully saturated rings. The number of carbonyl (C=O) groups is 1. The van der Waals surface area contributed by atoms with Crippen LogP contribution in [0.4, 0.5) is 0 Å². The molecule has 4 heteroatoms. The highest BCUT2D eigenvalue weighted by atomic mass is 32.2. The number of hydrogen-bond acceptors (Lipinski definition) is 3. The summed E-state index contributed by atoms with van der Waals surface area (Å²) in [5.41, 5.74) is 0. The first-order valence-corrected chi connectivity index (χ1v) is 6.34. The van der Waals surface area contributed by atoms with Crippen molar-refractivity contribution in [2.24, 2.45) is 5.92 Å². The van der Waals surface area contributed by atoms with Gasteiger partial charge in [0, 0.05) is 24.8 Å². The molecule has 1 unspecified atom stereocenters. The number of thioether (sulfide) groups is 1. The normalized spacial score (nSPS) is 12.3. The summed E-state index contributed by atoms with van der Waals surface area (Å²) in [5, 5.41) is 0. The van der Waals surface area contributed by atoms with Crippen molar-refractivity contribution >= 4 is 34.1 Å². The van der Waals surface area contributed by atoms with E-state index in [1.54, 1.807) is 18.7 Å². The van der Waals surface area contributed by atoms with E-state index in [2.05, 4.69) is 18.7 Å². The van der Waals surface area contributed by atoms with Gasteiger partial charge >= 0.3 is 0 Å². The summed E-state index contributed by atoms with van der Waals surface area (Å²) >= 11 is 6.86. The van der Waals surface area contributed by atoms with Gasteiger partial charge in [-0.1, -0.05) is 30.9 Å². The molecule has 0 aromatic rings. The Hall–Kier alpha value is -0.0900. The lowest BCUT2D eigenvalue weighted by Gasteiger charge is -2.21. The smallest absolute Gasteiger partial charge is 0.136 e. The molecule has 1 atom stereocenters. The Bertz CT molecular complexity index is 202. The molecule has 0 aliphatic rings. The largest absolute Gasteiger partial charge is 0.358 e. The molecular weight excluding hydrogens is 214 g/mol. The summed E-state index contributed by atoms with van der Waals surface area (Å²) in [6.45, 7) is 9.63. The zero-order valence-corrected chi connectivity index (χ0v) is 11.0. The van der Waals surface area contributed by atoms with Crippen molar-refractivity contribution in [1.82, 2.24) is 4.90 Å². The van der Waals surface area contributed by atoms with Gasteiger partial charge in [0.15, 0.2) is 0 Å². The van der Waals surface area contributed by atoms with Crippen LogP contribution in [0.2, 0.25) is 0 Å². The van der Waals surface area contributed by atoms with Gasteiger partial charge in [0.2, 0.25) is 0 Å². The fourth-order valence-corrected chi connectivity index (χ4v) is 2.42. The highest BCUT2D eigenvalue weighted by Gasteiger charge is 2.11. The van der Waals surface area contributed by atoms with E-state index >= 15 is 0 Å². The van der Waals surface area contributed by atoms with E-state index in [0.717, 1.165) is 23.2 Å². The van der Waals surface area contributed by atoms with Crippen molar-refractivity contribution in [3.8, 4) is 0 Å². The maximum Gasteiger partial charge on any atom is 0.136 e. The van der Waals surface area contributed by atoms with Crippen LogP contribution >= 0.6 is 24.0 Å². The Kier molecular flexibility index (Phi) is 7.19. The lowest BCUT2D eigenvalue weighted by molar-refractivity contribution is -0.119. The predicted molar refractivity (Wildman–Crippen MR) is 67.8 cm³/mol. The Morgan fingerprint density at radius 3 is 2.29 bits per heavy atom. The minimum atomic E-state index is 0.105.